The van der Waals surface area contributed by atoms with E-state index in [4.69, 9.17) is 18.9 Å². The lowest BCUT2D eigenvalue weighted by molar-refractivity contribution is -0.140. The van der Waals surface area contributed by atoms with E-state index in [1.165, 1.54) is 18.7 Å². The number of rotatable bonds is 3. The van der Waals surface area contributed by atoms with Gasteiger partial charge in [-0.1, -0.05) is 12.0 Å². The van der Waals surface area contributed by atoms with Crippen LogP contribution in [0.2, 0.25) is 0 Å². The zero-order chi connectivity index (χ0) is 33.4. The molecule has 0 aliphatic carbocycles. The molecular formula is C34H42F3N5O5. The molecule has 2 atom stereocenters. The fourth-order valence-electron chi connectivity index (χ4n) is 6.12. The molecule has 0 saturated carbocycles. The second-order valence-electron chi connectivity index (χ2n) is 11.7. The Morgan fingerprint density at radius 3 is 2.66 bits per heavy atom. The number of fused-ring (bicyclic) bond motifs is 4. The molecule has 10 nitrogen and oxygen atoms in total. The molecule has 3 N–H and O–H groups in total. The number of hydrogen-bond donors (Lipinski definition) is 3. The van der Waals surface area contributed by atoms with Crippen molar-refractivity contribution < 1.29 is 36.9 Å². The Labute approximate surface area is 272 Å². The van der Waals surface area contributed by atoms with E-state index in [0.29, 0.717) is 36.4 Å². The lowest BCUT2D eigenvalue weighted by Crippen LogP contribution is -2.45. The minimum Gasteiger partial charge on any atom is -0.496 e. The highest BCUT2D eigenvalue weighted by molar-refractivity contribution is 6.00. The fourth-order valence-corrected chi connectivity index (χ4v) is 6.12. The van der Waals surface area contributed by atoms with Crippen LogP contribution in [0.1, 0.15) is 28.9 Å². The van der Waals surface area contributed by atoms with Gasteiger partial charge in [0.1, 0.15) is 30.2 Å². The number of aromatic nitrogens is 1. The second kappa shape index (κ2) is 15.6. The first-order valence-corrected chi connectivity index (χ1v) is 15.8. The number of ether oxygens (including phenoxy) is 4. The van der Waals surface area contributed by atoms with E-state index in [-0.39, 0.29) is 60.4 Å². The molecule has 1 aromatic heterocycles. The Balaban J connectivity index is 1.49. The highest BCUT2D eigenvalue weighted by Crippen LogP contribution is 2.34. The van der Waals surface area contributed by atoms with Crippen LogP contribution in [0.15, 0.2) is 36.4 Å². The van der Waals surface area contributed by atoms with Crippen LogP contribution >= 0.6 is 0 Å². The SMILES string of the molecule is CNC(=O)c1c(OC)cc2cc1OCCOCCOCC[C@H]1CN(C)CC[C@@H]1Nc1cccc3c1cc(n3CC(F)(F)F)C#CCN2. The standard InChI is InChI=1S/C34H42F3N5O5/c1-38-33(43)32-30(44-3)18-24-19-31(32)47-17-16-46-15-14-45-13-10-23-21-41(2)12-9-27(23)40-28-7-4-8-29-26(28)20-25(6-5-11-39-24)42(29)22-34(35,36)37/h4,7-8,18-20,23,27,39-40H,9-17,21-22H2,1-3H3,(H,38,43)/t23-,27-/m0/s1. The molecule has 1 fully saturated rings. The van der Waals surface area contributed by atoms with Gasteiger partial charge in [0.05, 0.1) is 44.7 Å². The van der Waals surface area contributed by atoms with Crippen LogP contribution in [-0.4, -0.2) is 101 Å². The van der Waals surface area contributed by atoms with Crippen molar-refractivity contribution >= 4 is 28.2 Å². The van der Waals surface area contributed by atoms with Crippen LogP contribution in [0.5, 0.6) is 11.5 Å². The molecule has 1 saturated heterocycles. The Bertz CT molecular complexity index is 1600. The first-order valence-electron chi connectivity index (χ1n) is 15.8. The van der Waals surface area contributed by atoms with Crippen LogP contribution in [0.25, 0.3) is 10.9 Å². The summed E-state index contributed by atoms with van der Waals surface area (Å²) in [5.74, 6) is 6.40. The largest absolute Gasteiger partial charge is 0.496 e. The van der Waals surface area contributed by atoms with Gasteiger partial charge in [-0.15, -0.1) is 0 Å². The predicted octanol–water partition coefficient (Wildman–Crippen LogP) is 4.58. The Hall–Kier alpha value is -4.12. The summed E-state index contributed by atoms with van der Waals surface area (Å²) >= 11 is 0. The molecule has 1 amide bonds. The molecule has 47 heavy (non-hydrogen) atoms. The molecule has 5 rings (SSSR count). The molecule has 0 radical (unpaired) electrons. The van der Waals surface area contributed by atoms with E-state index in [1.807, 2.05) is 6.07 Å². The van der Waals surface area contributed by atoms with Crippen molar-refractivity contribution in [1.82, 2.24) is 14.8 Å². The molecule has 0 unspecified atom stereocenters. The lowest BCUT2D eigenvalue weighted by Gasteiger charge is -2.38. The molecule has 13 heteroatoms. The van der Waals surface area contributed by atoms with Gasteiger partial charge in [-0.25, -0.2) is 0 Å². The highest BCUT2D eigenvalue weighted by atomic mass is 19.4. The van der Waals surface area contributed by atoms with Gasteiger partial charge in [-0.2, -0.15) is 13.2 Å². The zero-order valence-corrected chi connectivity index (χ0v) is 27.0. The third kappa shape index (κ3) is 8.82. The van der Waals surface area contributed by atoms with Crippen molar-refractivity contribution in [3.05, 3.63) is 47.7 Å². The van der Waals surface area contributed by atoms with E-state index < -0.39 is 12.7 Å². The lowest BCUT2D eigenvalue weighted by atomic mass is 9.89. The van der Waals surface area contributed by atoms with Gasteiger partial charge in [0.2, 0.25) is 0 Å². The zero-order valence-electron chi connectivity index (χ0n) is 27.0. The van der Waals surface area contributed by atoms with Crippen molar-refractivity contribution in [3.8, 4) is 23.3 Å². The number of methoxy groups -OCH3 is 1. The summed E-state index contributed by atoms with van der Waals surface area (Å²) in [6, 6.07) is 10.6. The summed E-state index contributed by atoms with van der Waals surface area (Å²) in [6.07, 6.45) is -2.72. The van der Waals surface area contributed by atoms with Crippen molar-refractivity contribution in [1.29, 1.82) is 0 Å². The van der Waals surface area contributed by atoms with Gasteiger partial charge in [-0.3, -0.25) is 4.79 Å². The number of nitrogens with zero attached hydrogens (tertiary/aromatic N) is 2. The van der Waals surface area contributed by atoms with Gasteiger partial charge in [0, 0.05) is 55.1 Å². The molecule has 4 bridgehead atoms. The Morgan fingerprint density at radius 2 is 1.89 bits per heavy atom. The van der Waals surface area contributed by atoms with Crippen molar-refractivity contribution in [2.24, 2.45) is 5.92 Å². The van der Waals surface area contributed by atoms with Gasteiger partial charge >= 0.3 is 6.18 Å². The Kier molecular flexibility index (Phi) is 11.4. The number of carbonyl (C=O) groups excluding carboxylic acids is 1. The molecule has 3 heterocycles. The van der Waals surface area contributed by atoms with Crippen LogP contribution in [0.4, 0.5) is 24.5 Å². The topological polar surface area (TPSA) is 98.2 Å². The number of benzene rings is 2. The molecule has 254 valence electrons. The van der Waals surface area contributed by atoms with Gasteiger partial charge in [-0.05, 0) is 56.5 Å². The minimum atomic E-state index is -4.43. The number of nitrogens with one attached hydrogen (secondary N) is 3. The summed E-state index contributed by atoms with van der Waals surface area (Å²) in [5.41, 5.74) is 2.29. The number of piperidine rings is 1. The van der Waals surface area contributed by atoms with E-state index >= 15 is 0 Å². The van der Waals surface area contributed by atoms with Crippen LogP contribution in [-0.2, 0) is 16.0 Å². The quantitative estimate of drug-likeness (QED) is 0.353. The van der Waals surface area contributed by atoms with Gasteiger partial charge in [0.15, 0.2) is 0 Å². The maximum atomic E-state index is 13.8. The van der Waals surface area contributed by atoms with Gasteiger partial charge < -0.3 is 44.4 Å². The van der Waals surface area contributed by atoms with E-state index in [9.17, 15) is 18.0 Å². The number of amides is 1. The first kappa shape index (κ1) is 34.2. The smallest absolute Gasteiger partial charge is 0.406 e. The normalized spacial score (nSPS) is 20.1. The molecule has 2 aliphatic rings. The summed E-state index contributed by atoms with van der Waals surface area (Å²) in [4.78, 5) is 15.0. The average molecular weight is 658 g/mol. The maximum Gasteiger partial charge on any atom is 0.406 e. The molecule has 3 aromatic rings. The van der Waals surface area contributed by atoms with E-state index in [1.54, 1.807) is 30.3 Å². The average Bonchev–Trinajstić information content (AvgIpc) is 3.38. The van der Waals surface area contributed by atoms with Crippen molar-refractivity contribution in [2.45, 2.75) is 31.6 Å². The number of anilines is 2. The number of carbonyl (C=O) groups is 1. The second-order valence-corrected chi connectivity index (χ2v) is 11.7. The molecule has 2 aliphatic heterocycles. The van der Waals surface area contributed by atoms with E-state index in [0.717, 1.165) is 31.6 Å². The summed E-state index contributed by atoms with van der Waals surface area (Å²) in [5, 5.41) is 10.1. The molecular weight excluding hydrogens is 615 g/mol. The van der Waals surface area contributed by atoms with Gasteiger partial charge in [0.25, 0.3) is 5.91 Å². The molecule has 2 aromatic carbocycles. The molecule has 0 spiro atoms. The minimum absolute atomic E-state index is 0.112. The fraction of sp³-hybridized carbons (Fsp3) is 0.500. The van der Waals surface area contributed by atoms with Crippen LogP contribution < -0.4 is 25.4 Å². The number of halogens is 3. The third-order valence-electron chi connectivity index (χ3n) is 8.39. The Morgan fingerprint density at radius 1 is 1.11 bits per heavy atom. The van der Waals surface area contributed by atoms with Crippen molar-refractivity contribution in [2.75, 3.05) is 84.5 Å². The third-order valence-corrected chi connectivity index (χ3v) is 8.39. The van der Waals surface area contributed by atoms with Crippen LogP contribution in [0, 0.1) is 17.8 Å². The number of likely N-dealkylation sites (tertiary alicyclic amines) is 1. The van der Waals surface area contributed by atoms with Crippen molar-refractivity contribution in [3.63, 3.8) is 0 Å². The van der Waals surface area contributed by atoms with Crippen LogP contribution in [0.3, 0.4) is 0 Å². The number of alkyl halides is 3. The monoisotopic (exact) mass is 657 g/mol. The van der Waals surface area contributed by atoms with E-state index in [2.05, 4.69) is 39.7 Å². The highest BCUT2D eigenvalue weighted by Gasteiger charge is 2.31. The summed E-state index contributed by atoms with van der Waals surface area (Å²) < 4.78 is 65.6. The number of hydrogen-bond acceptors (Lipinski definition) is 8. The first-order chi connectivity index (χ1) is 22.7. The summed E-state index contributed by atoms with van der Waals surface area (Å²) in [7, 11) is 5.06. The summed E-state index contributed by atoms with van der Waals surface area (Å²) in [6.45, 7) is 2.58. The maximum absolute atomic E-state index is 13.8. The predicted molar refractivity (Wildman–Crippen MR) is 175 cm³/mol.